The van der Waals surface area contributed by atoms with Gasteiger partial charge in [0, 0.05) is 5.39 Å². The highest BCUT2D eigenvalue weighted by Gasteiger charge is 2.16. The zero-order chi connectivity index (χ0) is 15.0. The van der Waals surface area contributed by atoms with Crippen molar-refractivity contribution in [2.24, 2.45) is 0 Å². The van der Waals surface area contributed by atoms with E-state index in [0.29, 0.717) is 10.9 Å². The van der Waals surface area contributed by atoms with Crippen LogP contribution in [0.25, 0.3) is 10.8 Å². The Kier molecular flexibility index (Phi) is 3.64. The molecule has 0 saturated heterocycles. The molecule has 1 atom stereocenters. The molecule has 3 heteroatoms. The van der Waals surface area contributed by atoms with Crippen molar-refractivity contribution in [3.05, 3.63) is 82.9 Å². The predicted octanol–water partition coefficient (Wildman–Crippen LogP) is 5.75. The van der Waals surface area contributed by atoms with Gasteiger partial charge in [-0.2, -0.15) is 0 Å². The van der Waals surface area contributed by atoms with E-state index in [2.05, 4.69) is 0 Å². The fourth-order valence-corrected chi connectivity index (χ4v) is 2.84. The van der Waals surface area contributed by atoms with Crippen LogP contribution in [0.4, 0.5) is 8.78 Å². The second kappa shape index (κ2) is 5.45. The lowest BCUT2D eigenvalue weighted by Crippen LogP contribution is -1.97. The molecule has 0 aliphatic carbocycles. The first-order chi connectivity index (χ1) is 10.1. The maximum absolute atomic E-state index is 13.9. The molecule has 0 bridgehead atoms. The molecule has 0 aliphatic rings. The average Bonchev–Trinajstić information content (AvgIpc) is 2.50. The zero-order valence-electron chi connectivity index (χ0n) is 11.4. The predicted molar refractivity (Wildman–Crippen MR) is 82.7 cm³/mol. The lowest BCUT2D eigenvalue weighted by molar-refractivity contribution is 0.617. The Hall–Kier alpha value is -1.93. The minimum absolute atomic E-state index is 0.258. The third-order valence-corrected chi connectivity index (χ3v) is 4.14. The summed E-state index contributed by atoms with van der Waals surface area (Å²) in [5.41, 5.74) is 2.16. The topological polar surface area (TPSA) is 0 Å². The van der Waals surface area contributed by atoms with E-state index in [1.807, 2.05) is 12.1 Å². The summed E-state index contributed by atoms with van der Waals surface area (Å²) < 4.78 is 27.2. The summed E-state index contributed by atoms with van der Waals surface area (Å²) >= 11 is 6.54. The number of hydrogen-bond acceptors (Lipinski definition) is 0. The van der Waals surface area contributed by atoms with Gasteiger partial charge in [-0.25, -0.2) is 8.78 Å². The van der Waals surface area contributed by atoms with Crippen molar-refractivity contribution in [3.63, 3.8) is 0 Å². The molecule has 0 saturated carbocycles. The van der Waals surface area contributed by atoms with Crippen molar-refractivity contribution in [1.82, 2.24) is 0 Å². The molecule has 0 nitrogen and oxygen atoms in total. The van der Waals surface area contributed by atoms with Crippen LogP contribution in [-0.2, 0) is 0 Å². The number of aryl methyl sites for hydroxylation is 1. The lowest BCUT2D eigenvalue weighted by atomic mass is 9.97. The third-order valence-electron chi connectivity index (χ3n) is 3.65. The summed E-state index contributed by atoms with van der Waals surface area (Å²) in [7, 11) is 0. The highest BCUT2D eigenvalue weighted by Crippen LogP contribution is 2.35. The van der Waals surface area contributed by atoms with Gasteiger partial charge in [-0.15, -0.1) is 11.6 Å². The molecule has 3 rings (SSSR count). The van der Waals surface area contributed by atoms with Gasteiger partial charge in [-0.3, -0.25) is 0 Å². The van der Waals surface area contributed by atoms with Crippen molar-refractivity contribution in [2.45, 2.75) is 12.3 Å². The Morgan fingerprint density at radius 3 is 2.24 bits per heavy atom. The van der Waals surface area contributed by atoms with Gasteiger partial charge in [-0.1, -0.05) is 42.5 Å². The maximum atomic E-state index is 13.9. The van der Waals surface area contributed by atoms with Crippen LogP contribution in [-0.4, -0.2) is 0 Å². The van der Waals surface area contributed by atoms with Crippen LogP contribution in [0.15, 0.2) is 54.6 Å². The molecule has 0 aliphatic heterocycles. The van der Waals surface area contributed by atoms with Gasteiger partial charge in [0.15, 0.2) is 0 Å². The van der Waals surface area contributed by atoms with Crippen molar-refractivity contribution < 1.29 is 8.78 Å². The lowest BCUT2D eigenvalue weighted by Gasteiger charge is -2.14. The first-order valence-electron chi connectivity index (χ1n) is 6.65. The Labute approximate surface area is 127 Å². The van der Waals surface area contributed by atoms with Crippen molar-refractivity contribution >= 4 is 22.4 Å². The highest BCUT2D eigenvalue weighted by atomic mass is 35.5. The van der Waals surface area contributed by atoms with E-state index in [-0.39, 0.29) is 11.6 Å². The van der Waals surface area contributed by atoms with E-state index in [0.717, 1.165) is 16.5 Å². The first kappa shape index (κ1) is 14.0. The summed E-state index contributed by atoms with van der Waals surface area (Å²) in [5.74, 6) is -0.528. The van der Waals surface area contributed by atoms with Gasteiger partial charge in [0.25, 0.3) is 0 Å². The normalized spacial score (nSPS) is 12.6. The SMILES string of the molecule is Cc1cc(C(Cl)c2ccc(F)c3ccccc23)ccc1F. The molecule has 0 fully saturated rings. The molecular weight excluding hydrogens is 290 g/mol. The first-order valence-corrected chi connectivity index (χ1v) is 7.09. The Morgan fingerprint density at radius 2 is 1.52 bits per heavy atom. The molecule has 0 aromatic heterocycles. The van der Waals surface area contributed by atoms with Gasteiger partial charge in [0.2, 0.25) is 0 Å². The largest absolute Gasteiger partial charge is 0.207 e. The third kappa shape index (κ3) is 2.52. The van der Waals surface area contributed by atoms with Crippen molar-refractivity contribution in [2.75, 3.05) is 0 Å². The standard InChI is InChI=1S/C18H13ClF2/c1-11-10-12(6-8-16(11)20)18(19)15-7-9-17(21)14-5-3-2-4-13(14)15/h2-10,18H,1H3. The maximum Gasteiger partial charge on any atom is 0.131 e. The molecular formula is C18H13ClF2. The van der Waals surface area contributed by atoms with E-state index in [1.165, 1.54) is 12.1 Å². The molecule has 0 heterocycles. The molecule has 1 unspecified atom stereocenters. The van der Waals surface area contributed by atoms with Crippen LogP contribution in [0.2, 0.25) is 0 Å². The smallest absolute Gasteiger partial charge is 0.131 e. The molecule has 0 N–H and O–H groups in total. The number of benzene rings is 3. The quantitative estimate of drug-likeness (QED) is 0.528. The minimum atomic E-state index is -0.449. The fraction of sp³-hybridized carbons (Fsp3) is 0.111. The summed E-state index contributed by atoms with van der Waals surface area (Å²) in [6.07, 6.45) is 0. The molecule has 106 valence electrons. The summed E-state index contributed by atoms with van der Waals surface area (Å²) in [4.78, 5) is 0. The fourth-order valence-electron chi connectivity index (χ4n) is 2.51. The Bertz CT molecular complexity index is 811. The second-order valence-electron chi connectivity index (χ2n) is 5.05. The van der Waals surface area contributed by atoms with E-state index in [4.69, 9.17) is 11.6 Å². The molecule has 3 aromatic rings. The van der Waals surface area contributed by atoms with Crippen LogP contribution in [0.5, 0.6) is 0 Å². The Balaban J connectivity index is 2.15. The summed E-state index contributed by atoms with van der Waals surface area (Å²) in [6.45, 7) is 1.70. The van der Waals surface area contributed by atoms with Crippen LogP contribution in [0.3, 0.4) is 0 Å². The summed E-state index contributed by atoms with van der Waals surface area (Å²) in [5, 5.41) is 0.869. The monoisotopic (exact) mass is 302 g/mol. The zero-order valence-corrected chi connectivity index (χ0v) is 12.2. The van der Waals surface area contributed by atoms with Crippen LogP contribution < -0.4 is 0 Å². The van der Waals surface area contributed by atoms with E-state index in [1.54, 1.807) is 37.3 Å². The minimum Gasteiger partial charge on any atom is -0.207 e. The van der Waals surface area contributed by atoms with Crippen LogP contribution in [0, 0.1) is 18.6 Å². The number of fused-ring (bicyclic) bond motifs is 1. The average molecular weight is 303 g/mol. The van der Waals surface area contributed by atoms with Crippen molar-refractivity contribution in [3.8, 4) is 0 Å². The molecule has 0 radical (unpaired) electrons. The van der Waals surface area contributed by atoms with E-state index >= 15 is 0 Å². The van der Waals surface area contributed by atoms with Gasteiger partial charge in [0.1, 0.15) is 11.6 Å². The number of rotatable bonds is 2. The van der Waals surface area contributed by atoms with Crippen LogP contribution in [0.1, 0.15) is 22.1 Å². The van der Waals surface area contributed by atoms with Gasteiger partial charge < -0.3 is 0 Å². The molecule has 21 heavy (non-hydrogen) atoms. The van der Waals surface area contributed by atoms with E-state index in [9.17, 15) is 8.78 Å². The van der Waals surface area contributed by atoms with Gasteiger partial charge in [-0.05, 0) is 41.1 Å². The highest BCUT2D eigenvalue weighted by molar-refractivity contribution is 6.23. The van der Waals surface area contributed by atoms with Gasteiger partial charge in [0.05, 0.1) is 5.38 Å². The molecule has 0 amide bonds. The molecule has 0 spiro atoms. The Morgan fingerprint density at radius 1 is 0.857 bits per heavy atom. The number of alkyl halides is 1. The molecule has 3 aromatic carbocycles. The second-order valence-corrected chi connectivity index (χ2v) is 5.49. The number of halogens is 3. The number of hydrogen-bond donors (Lipinski definition) is 0. The van der Waals surface area contributed by atoms with Gasteiger partial charge >= 0.3 is 0 Å². The van der Waals surface area contributed by atoms with Crippen LogP contribution >= 0.6 is 11.6 Å². The van der Waals surface area contributed by atoms with E-state index < -0.39 is 5.38 Å². The van der Waals surface area contributed by atoms with Crippen molar-refractivity contribution in [1.29, 1.82) is 0 Å². The summed E-state index contributed by atoms with van der Waals surface area (Å²) in [6, 6.07) is 15.1.